The molecule has 206 valence electrons. The molecule has 3 aliphatic carbocycles. The van der Waals surface area contributed by atoms with Crippen LogP contribution >= 0.6 is 24.8 Å². The van der Waals surface area contributed by atoms with Gasteiger partial charge in [0.2, 0.25) is 0 Å². The van der Waals surface area contributed by atoms with E-state index in [-0.39, 0.29) is 35.6 Å². The number of benzene rings is 2. The van der Waals surface area contributed by atoms with Crippen molar-refractivity contribution < 1.29 is 21.3 Å². The second-order valence-electron chi connectivity index (χ2n) is 13.9. The molecule has 0 bridgehead atoms. The molecule has 3 aliphatic rings. The number of allylic oxidation sites excluding steroid dienone is 4. The van der Waals surface area contributed by atoms with Gasteiger partial charge in [-0.3, -0.25) is 0 Å². The predicted octanol–water partition coefficient (Wildman–Crippen LogP) is 9.95. The first-order valence-corrected chi connectivity index (χ1v) is 18.0. The van der Waals surface area contributed by atoms with E-state index in [0.717, 1.165) is 12.3 Å². The van der Waals surface area contributed by atoms with Crippen molar-refractivity contribution in [3.63, 3.8) is 0 Å². The van der Waals surface area contributed by atoms with E-state index >= 15 is 0 Å². The third-order valence-electron chi connectivity index (χ3n) is 8.80. The maximum Gasteiger partial charge on any atom is -0.147 e. The summed E-state index contributed by atoms with van der Waals surface area (Å²) in [4.78, 5) is 0. The molecule has 0 heterocycles. The van der Waals surface area contributed by atoms with Crippen LogP contribution in [0.4, 0.5) is 0 Å². The molecule has 1 fully saturated rings. The largest absolute Gasteiger partial charge is 0.147 e. The van der Waals surface area contributed by atoms with Gasteiger partial charge in [0, 0.05) is 0 Å². The van der Waals surface area contributed by atoms with Crippen molar-refractivity contribution >= 4 is 31.3 Å². The van der Waals surface area contributed by atoms with Gasteiger partial charge in [-0.05, 0) is 0 Å². The molecule has 0 atom stereocenters. The predicted molar refractivity (Wildman–Crippen MR) is 170 cm³/mol. The van der Waals surface area contributed by atoms with Gasteiger partial charge in [-0.15, -0.1) is 24.8 Å². The Balaban J connectivity index is 0.00000200. The molecule has 0 amide bonds. The molecular weight excluding hydrogens is 583 g/mol. The molecule has 5 rings (SSSR count). The minimum atomic E-state index is -2.22. The van der Waals surface area contributed by atoms with Crippen LogP contribution < -0.4 is 3.27 Å². The van der Waals surface area contributed by atoms with Crippen molar-refractivity contribution in [2.75, 3.05) is 0 Å². The molecule has 2 aromatic carbocycles. The smallest absolute Gasteiger partial charge is 0.147 e. The zero-order valence-corrected chi connectivity index (χ0v) is 29.0. The minimum Gasteiger partial charge on any atom is -0.147 e. The van der Waals surface area contributed by atoms with Gasteiger partial charge in [-0.2, -0.15) is 0 Å². The summed E-state index contributed by atoms with van der Waals surface area (Å²) >= 11 is -2.22. The molecule has 1 saturated carbocycles. The second-order valence-corrected chi connectivity index (χ2v) is 21.0. The van der Waals surface area contributed by atoms with Gasteiger partial charge in [-0.25, -0.2) is 0 Å². The van der Waals surface area contributed by atoms with Crippen molar-refractivity contribution in [2.24, 2.45) is 5.92 Å². The Morgan fingerprint density at radius 2 is 1.47 bits per heavy atom. The molecule has 0 radical (unpaired) electrons. The molecule has 0 aromatic heterocycles. The maximum atomic E-state index is 2.71. The Labute approximate surface area is 252 Å². The third-order valence-corrected chi connectivity index (χ3v) is 16.3. The van der Waals surface area contributed by atoms with Gasteiger partial charge < -0.3 is 0 Å². The summed E-state index contributed by atoms with van der Waals surface area (Å²) < 4.78 is 5.36. The Morgan fingerprint density at radius 3 is 2.08 bits per heavy atom. The van der Waals surface area contributed by atoms with Crippen molar-refractivity contribution in [1.29, 1.82) is 0 Å². The van der Waals surface area contributed by atoms with Crippen molar-refractivity contribution in [1.82, 2.24) is 0 Å². The summed E-state index contributed by atoms with van der Waals surface area (Å²) in [6.07, 6.45) is 14.7. The maximum absolute atomic E-state index is 2.71. The van der Waals surface area contributed by atoms with Crippen molar-refractivity contribution in [3.05, 3.63) is 73.6 Å². The first kappa shape index (κ1) is 31.8. The Hall–Kier alpha value is -0.747. The molecule has 0 aliphatic heterocycles. The average molecular weight is 631 g/mol. The van der Waals surface area contributed by atoms with E-state index in [0.29, 0.717) is 0 Å². The van der Waals surface area contributed by atoms with Gasteiger partial charge in [-0.1, -0.05) is 0 Å². The topological polar surface area (TPSA) is 0 Å². The van der Waals surface area contributed by atoms with E-state index in [1.165, 1.54) is 55.2 Å². The van der Waals surface area contributed by atoms with Gasteiger partial charge >= 0.3 is 230 Å². The zero-order chi connectivity index (χ0) is 25.8. The molecular formula is C35H48Cl2Zr. The molecule has 0 spiro atoms. The number of hydrogen-bond donors (Lipinski definition) is 0. The summed E-state index contributed by atoms with van der Waals surface area (Å²) in [5, 5.41) is 0. The monoisotopic (exact) mass is 628 g/mol. The van der Waals surface area contributed by atoms with Crippen molar-refractivity contribution in [2.45, 2.75) is 111 Å². The average Bonchev–Trinajstić information content (AvgIpc) is 3.43. The zero-order valence-electron chi connectivity index (χ0n) is 24.9. The molecule has 2 aromatic rings. The molecule has 3 heteroatoms. The van der Waals surface area contributed by atoms with E-state index < -0.39 is 21.3 Å². The Kier molecular flexibility index (Phi) is 10.0. The fourth-order valence-electron chi connectivity index (χ4n) is 6.83. The normalized spacial score (nSPS) is 17.1. The van der Waals surface area contributed by atoms with E-state index in [4.69, 9.17) is 0 Å². The van der Waals surface area contributed by atoms with E-state index in [1.807, 2.05) is 3.28 Å². The molecule has 0 N–H and O–H groups in total. The van der Waals surface area contributed by atoms with Gasteiger partial charge in [0.1, 0.15) is 0 Å². The van der Waals surface area contributed by atoms with E-state index in [9.17, 15) is 0 Å². The van der Waals surface area contributed by atoms with Crippen LogP contribution in [0, 0.1) is 5.92 Å². The van der Waals surface area contributed by atoms with Gasteiger partial charge in [0.05, 0.1) is 0 Å². The summed E-state index contributed by atoms with van der Waals surface area (Å²) in [6.45, 7) is 19.2. The van der Waals surface area contributed by atoms with Gasteiger partial charge in [0.25, 0.3) is 0 Å². The third kappa shape index (κ3) is 6.11. The number of rotatable bonds is 3. The van der Waals surface area contributed by atoms with Crippen LogP contribution in [0.15, 0.2) is 51.3 Å². The molecule has 38 heavy (non-hydrogen) atoms. The van der Waals surface area contributed by atoms with E-state index in [1.54, 1.807) is 28.7 Å². The van der Waals surface area contributed by atoms with Crippen LogP contribution in [0.5, 0.6) is 0 Å². The van der Waals surface area contributed by atoms with Crippen LogP contribution in [0.25, 0.3) is 11.1 Å². The first-order chi connectivity index (χ1) is 16.9. The minimum absolute atomic E-state index is 0. The summed E-state index contributed by atoms with van der Waals surface area (Å²) in [6, 6.07) is 12.3. The quantitative estimate of drug-likeness (QED) is 0.270. The van der Waals surface area contributed by atoms with E-state index in [2.05, 4.69) is 97.9 Å². The van der Waals surface area contributed by atoms with Crippen molar-refractivity contribution in [3.8, 4) is 11.1 Å². The fourth-order valence-corrected chi connectivity index (χ4v) is 15.0. The number of hydrogen-bond acceptors (Lipinski definition) is 0. The number of halogens is 2. The summed E-state index contributed by atoms with van der Waals surface area (Å²) in [5.74, 6) is 0.821. The molecule has 0 saturated heterocycles. The molecule has 0 nitrogen and oxygen atoms in total. The summed E-state index contributed by atoms with van der Waals surface area (Å²) in [7, 11) is 0. The summed E-state index contributed by atoms with van der Waals surface area (Å²) in [5.41, 5.74) is 11.3. The van der Waals surface area contributed by atoms with Crippen LogP contribution in [0.2, 0.25) is 0 Å². The SMILES string of the molecule is C[C](C)=[Zr]([C]1=CC(C2CCCCC2)=CC1)[c]1c(C(C)(C)C)ccc2c1Cc1cc(C(C)(C)C)ccc1-2.Cl.Cl. The van der Waals surface area contributed by atoms with Crippen LogP contribution in [-0.2, 0) is 38.5 Å². The number of fused-ring (bicyclic) bond motifs is 3. The molecule has 0 unspecified atom stereocenters. The van der Waals surface area contributed by atoms with Crippen LogP contribution in [0.1, 0.15) is 116 Å². The second kappa shape index (κ2) is 12.0. The van der Waals surface area contributed by atoms with Gasteiger partial charge in [0.15, 0.2) is 0 Å². The fraction of sp³-hybridized carbons (Fsp3) is 0.514. The van der Waals surface area contributed by atoms with Crippen LogP contribution in [0.3, 0.4) is 0 Å². The first-order valence-electron chi connectivity index (χ1n) is 14.3. The van der Waals surface area contributed by atoms with Crippen LogP contribution in [-0.4, -0.2) is 3.21 Å². The standard InChI is InChI=1S/C21H25.C11H15.C3H6.2ClH.Zr/c1-20(2,3)16-7-9-18-14(12-16)11-15-13-17(21(4,5)6)8-10-19(15)18;1-2-6-10(7-3-1)11-8-4-5-9-11;1-3-2;;;/h7-10,12H,11H2,1-6H3;8-10H,1-4,6-7H2;1-2H3;2*1H;. The Morgan fingerprint density at radius 1 is 0.816 bits per heavy atom. The Bertz CT molecular complexity index is 1280.